The average molecular weight is 481 g/mol. The number of para-hydroxylation sites is 1. The van der Waals surface area contributed by atoms with Crippen LogP contribution in [0.3, 0.4) is 0 Å². The van der Waals surface area contributed by atoms with Gasteiger partial charge in [0.15, 0.2) is 0 Å². The number of fused-ring (bicyclic) bond motifs is 1. The molecule has 0 saturated carbocycles. The van der Waals surface area contributed by atoms with E-state index >= 15 is 0 Å². The minimum absolute atomic E-state index is 0.0992. The number of hydrogen-bond donors (Lipinski definition) is 2. The van der Waals surface area contributed by atoms with Crippen LogP contribution < -0.4 is 10.2 Å². The molecule has 0 unspecified atom stereocenters. The normalized spacial score (nSPS) is 15.5. The van der Waals surface area contributed by atoms with Gasteiger partial charge in [0.2, 0.25) is 17.6 Å². The number of carbonyl (C=O) groups excluding carboxylic acids is 2. The number of nitrogens with zero attached hydrogens (tertiary/aromatic N) is 4. The van der Waals surface area contributed by atoms with Gasteiger partial charge in [-0.3, -0.25) is 9.59 Å². The van der Waals surface area contributed by atoms with E-state index in [0.717, 1.165) is 33.5 Å². The van der Waals surface area contributed by atoms with Crippen molar-refractivity contribution in [2.75, 3.05) is 4.90 Å². The first-order valence-electron chi connectivity index (χ1n) is 11.9. The molecule has 0 fully saturated rings. The first-order valence-corrected chi connectivity index (χ1v) is 11.9. The third-order valence-electron chi connectivity index (χ3n) is 6.38. The zero-order valence-corrected chi connectivity index (χ0v) is 20.5. The van der Waals surface area contributed by atoms with Crippen molar-refractivity contribution in [3.05, 3.63) is 83.9 Å². The zero-order valence-electron chi connectivity index (χ0n) is 20.5. The first kappa shape index (κ1) is 23.4. The van der Waals surface area contributed by atoms with Gasteiger partial charge >= 0.3 is 0 Å². The lowest BCUT2D eigenvalue weighted by Crippen LogP contribution is -2.54. The van der Waals surface area contributed by atoms with E-state index in [2.05, 4.69) is 25.9 Å². The minimum atomic E-state index is -0.590. The fourth-order valence-electron chi connectivity index (χ4n) is 4.39. The summed E-state index contributed by atoms with van der Waals surface area (Å²) in [6.45, 7) is 5.95. The van der Waals surface area contributed by atoms with Crippen LogP contribution >= 0.6 is 0 Å². The van der Waals surface area contributed by atoms with Crippen molar-refractivity contribution >= 4 is 17.5 Å². The van der Waals surface area contributed by atoms with Crippen molar-refractivity contribution in [1.29, 1.82) is 0 Å². The summed E-state index contributed by atoms with van der Waals surface area (Å²) < 4.78 is 0. The van der Waals surface area contributed by atoms with E-state index in [1.54, 1.807) is 4.90 Å². The Hall–Kier alpha value is -4.33. The third kappa shape index (κ3) is 4.62. The van der Waals surface area contributed by atoms with Gasteiger partial charge in [0.1, 0.15) is 6.04 Å². The Morgan fingerprint density at radius 2 is 1.69 bits per heavy atom. The first-order chi connectivity index (χ1) is 17.3. The van der Waals surface area contributed by atoms with Crippen LogP contribution in [0.2, 0.25) is 0 Å². The van der Waals surface area contributed by atoms with Crippen LogP contribution in [0.1, 0.15) is 31.9 Å². The molecule has 1 aliphatic heterocycles. The van der Waals surface area contributed by atoms with Crippen LogP contribution in [-0.2, 0) is 22.6 Å². The summed E-state index contributed by atoms with van der Waals surface area (Å²) in [5, 5.41) is 17.4. The fourth-order valence-corrected chi connectivity index (χ4v) is 4.39. The Morgan fingerprint density at radius 3 is 2.39 bits per heavy atom. The summed E-state index contributed by atoms with van der Waals surface area (Å²) in [6.07, 6.45) is 0.485. The molecule has 36 heavy (non-hydrogen) atoms. The number of amides is 2. The summed E-state index contributed by atoms with van der Waals surface area (Å²) in [4.78, 5) is 27.9. The van der Waals surface area contributed by atoms with Crippen LogP contribution in [0, 0.1) is 5.41 Å². The van der Waals surface area contributed by atoms with Crippen molar-refractivity contribution in [2.45, 2.75) is 39.8 Å². The highest BCUT2D eigenvalue weighted by Gasteiger charge is 2.35. The molecule has 1 atom stereocenters. The second-order valence-corrected chi connectivity index (χ2v) is 10.0. The number of aromatic amines is 1. The molecule has 0 aliphatic carbocycles. The lowest BCUT2D eigenvalue weighted by atomic mass is 9.92. The fraction of sp³-hybridized carbons (Fsp3) is 0.250. The molecule has 2 heterocycles. The smallest absolute Gasteiger partial charge is 0.250 e. The second kappa shape index (κ2) is 9.37. The SMILES string of the molecule is CC(C)(C)C(=O)N[C@@H]1Cc2ccccc2N(Cc2ccc(-c3ccccc3-c3nn[nH]n3)cc2)C1=O. The van der Waals surface area contributed by atoms with Crippen molar-refractivity contribution in [2.24, 2.45) is 5.41 Å². The molecule has 3 aromatic carbocycles. The molecule has 1 aliphatic rings. The van der Waals surface area contributed by atoms with Crippen molar-refractivity contribution in [3.8, 4) is 22.5 Å². The molecular weight excluding hydrogens is 452 g/mol. The van der Waals surface area contributed by atoms with E-state index in [1.807, 2.05) is 93.6 Å². The van der Waals surface area contributed by atoms with Gasteiger partial charge in [0, 0.05) is 23.1 Å². The Labute approximate surface area is 209 Å². The van der Waals surface area contributed by atoms with Gasteiger partial charge in [-0.25, -0.2) is 0 Å². The van der Waals surface area contributed by atoms with Crippen LogP contribution in [0.4, 0.5) is 5.69 Å². The van der Waals surface area contributed by atoms with Gasteiger partial charge in [0.25, 0.3) is 0 Å². The van der Waals surface area contributed by atoms with Crippen LogP contribution in [0.15, 0.2) is 72.8 Å². The number of carbonyl (C=O) groups is 2. The lowest BCUT2D eigenvalue weighted by molar-refractivity contribution is -0.132. The van der Waals surface area contributed by atoms with E-state index in [9.17, 15) is 9.59 Å². The largest absolute Gasteiger partial charge is 0.344 e. The summed E-state index contributed by atoms with van der Waals surface area (Å²) in [5.41, 5.74) is 5.24. The van der Waals surface area contributed by atoms with Gasteiger partial charge in [-0.15, -0.1) is 10.2 Å². The number of anilines is 1. The van der Waals surface area contributed by atoms with E-state index in [-0.39, 0.29) is 11.8 Å². The quantitative estimate of drug-likeness (QED) is 0.447. The van der Waals surface area contributed by atoms with Crippen molar-refractivity contribution in [3.63, 3.8) is 0 Å². The zero-order chi connectivity index (χ0) is 25.3. The molecule has 0 spiro atoms. The maximum atomic E-state index is 13.5. The van der Waals surface area contributed by atoms with E-state index < -0.39 is 11.5 Å². The standard InChI is InChI=1S/C28H28N6O2/c1-28(2,3)27(36)29-23-16-20-8-4-7-11-24(20)34(26(23)35)17-18-12-14-19(15-13-18)21-9-5-6-10-22(21)25-30-32-33-31-25/h4-15,23H,16-17H2,1-3H3,(H,29,36)(H,30,31,32,33)/t23-/m1/s1. The Balaban J connectivity index is 1.41. The van der Waals surface area contributed by atoms with E-state index in [1.165, 1.54) is 0 Å². The van der Waals surface area contributed by atoms with Gasteiger partial charge in [0.05, 0.1) is 6.54 Å². The highest BCUT2D eigenvalue weighted by atomic mass is 16.2. The Morgan fingerprint density at radius 1 is 1.00 bits per heavy atom. The molecule has 4 aromatic rings. The number of nitrogens with one attached hydrogen (secondary N) is 2. The maximum Gasteiger partial charge on any atom is 0.250 e. The topological polar surface area (TPSA) is 104 Å². The second-order valence-electron chi connectivity index (χ2n) is 10.0. The van der Waals surface area contributed by atoms with Gasteiger partial charge in [-0.1, -0.05) is 87.5 Å². The highest BCUT2D eigenvalue weighted by molar-refractivity contribution is 6.02. The molecule has 0 radical (unpaired) electrons. The Bertz CT molecular complexity index is 1390. The third-order valence-corrected chi connectivity index (χ3v) is 6.38. The van der Waals surface area contributed by atoms with Gasteiger partial charge < -0.3 is 10.2 Å². The molecule has 8 heteroatoms. The molecule has 0 saturated heterocycles. The summed E-state index contributed by atoms with van der Waals surface area (Å²) in [5.74, 6) is 0.302. The molecular formula is C28H28N6O2. The molecule has 1 aromatic heterocycles. The Kier molecular flexibility index (Phi) is 6.10. The summed E-state index contributed by atoms with van der Waals surface area (Å²) >= 11 is 0. The lowest BCUT2D eigenvalue weighted by Gasteiger charge is -2.35. The van der Waals surface area contributed by atoms with Crippen LogP contribution in [0.25, 0.3) is 22.5 Å². The van der Waals surface area contributed by atoms with E-state index in [0.29, 0.717) is 18.8 Å². The monoisotopic (exact) mass is 480 g/mol. The molecule has 2 N–H and O–H groups in total. The average Bonchev–Trinajstić information content (AvgIpc) is 3.41. The van der Waals surface area contributed by atoms with Crippen molar-refractivity contribution in [1.82, 2.24) is 25.9 Å². The highest BCUT2D eigenvalue weighted by Crippen LogP contribution is 2.32. The number of benzene rings is 3. The molecule has 2 amide bonds. The maximum absolute atomic E-state index is 13.5. The molecule has 0 bridgehead atoms. The molecule has 5 rings (SSSR count). The van der Waals surface area contributed by atoms with Gasteiger partial charge in [-0.05, 0) is 33.5 Å². The van der Waals surface area contributed by atoms with Crippen LogP contribution in [0.5, 0.6) is 0 Å². The summed E-state index contributed by atoms with van der Waals surface area (Å²) in [7, 11) is 0. The molecule has 182 valence electrons. The summed E-state index contributed by atoms with van der Waals surface area (Å²) in [6, 6.07) is 23.3. The van der Waals surface area contributed by atoms with Gasteiger partial charge in [-0.2, -0.15) is 5.21 Å². The predicted molar refractivity (Wildman–Crippen MR) is 138 cm³/mol. The number of hydrogen-bond acceptors (Lipinski definition) is 5. The van der Waals surface area contributed by atoms with Crippen LogP contribution in [-0.4, -0.2) is 38.5 Å². The predicted octanol–water partition coefficient (Wildman–Crippen LogP) is 4.15. The number of rotatable bonds is 5. The van der Waals surface area contributed by atoms with E-state index in [4.69, 9.17) is 0 Å². The van der Waals surface area contributed by atoms with Crippen molar-refractivity contribution < 1.29 is 9.59 Å². The number of tetrazole rings is 1. The molecule has 8 nitrogen and oxygen atoms in total. The minimum Gasteiger partial charge on any atom is -0.344 e. The number of H-pyrrole nitrogens is 1. The number of aromatic nitrogens is 4.